The van der Waals surface area contributed by atoms with Crippen molar-refractivity contribution in [3.05, 3.63) is 69.7 Å². The minimum absolute atomic E-state index is 0.0139. The highest BCUT2D eigenvalue weighted by atomic mass is 32.1. The van der Waals surface area contributed by atoms with Crippen molar-refractivity contribution in [1.82, 2.24) is 15.1 Å². The van der Waals surface area contributed by atoms with E-state index in [4.69, 9.17) is 0 Å². The smallest absolute Gasteiger partial charge is 0.252 e. The third-order valence-corrected chi connectivity index (χ3v) is 4.66. The summed E-state index contributed by atoms with van der Waals surface area (Å²) in [7, 11) is 0. The molecule has 1 aromatic carbocycles. The summed E-state index contributed by atoms with van der Waals surface area (Å²) in [5.74, 6) is 0.0139. The number of aromatic nitrogens is 2. The van der Waals surface area contributed by atoms with Gasteiger partial charge in [0.15, 0.2) is 0 Å². The molecule has 2 heterocycles. The quantitative estimate of drug-likeness (QED) is 0.780. The van der Waals surface area contributed by atoms with Gasteiger partial charge < -0.3 is 5.32 Å². The molecular weight excluding hydrogens is 306 g/mol. The van der Waals surface area contributed by atoms with Crippen molar-refractivity contribution in [2.45, 2.75) is 20.3 Å². The van der Waals surface area contributed by atoms with Crippen LogP contribution in [0.15, 0.2) is 48.8 Å². The molecule has 118 valence electrons. The van der Waals surface area contributed by atoms with Gasteiger partial charge in [0.25, 0.3) is 5.91 Å². The fraction of sp³-hybridized carbons (Fsp3) is 0.222. The summed E-state index contributed by atoms with van der Waals surface area (Å²) in [6.45, 7) is 4.64. The van der Waals surface area contributed by atoms with Gasteiger partial charge in [-0.2, -0.15) is 5.10 Å². The summed E-state index contributed by atoms with van der Waals surface area (Å²) in [6, 6.07) is 12.1. The van der Waals surface area contributed by atoms with E-state index in [1.54, 1.807) is 17.5 Å². The van der Waals surface area contributed by atoms with Crippen LogP contribution in [0.5, 0.6) is 0 Å². The summed E-state index contributed by atoms with van der Waals surface area (Å²) >= 11 is 1.66. The zero-order valence-corrected chi connectivity index (χ0v) is 14.1. The highest BCUT2D eigenvalue weighted by Crippen LogP contribution is 2.20. The molecule has 0 bridgehead atoms. The minimum Gasteiger partial charge on any atom is -0.352 e. The Kier molecular flexibility index (Phi) is 4.57. The lowest BCUT2D eigenvalue weighted by Crippen LogP contribution is -2.25. The summed E-state index contributed by atoms with van der Waals surface area (Å²) in [6.07, 6.45) is 4.49. The van der Waals surface area contributed by atoms with Gasteiger partial charge in [0, 0.05) is 28.7 Å². The van der Waals surface area contributed by atoms with Crippen LogP contribution in [0.1, 0.15) is 25.7 Å². The predicted molar refractivity (Wildman–Crippen MR) is 93.4 cm³/mol. The Morgan fingerprint density at radius 2 is 2.04 bits per heavy atom. The lowest BCUT2D eigenvalue weighted by molar-refractivity contribution is 0.0954. The van der Waals surface area contributed by atoms with Crippen LogP contribution in [-0.2, 0) is 6.42 Å². The maximum atomic E-state index is 12.2. The standard InChI is InChI=1S/C18H19N3OS/c1-13-12-17(14(2)23-13)18(22)19-10-8-15-4-6-16(7-5-15)21-11-3-9-20-21/h3-7,9,11-12H,8,10H2,1-2H3,(H,19,22). The van der Waals surface area contributed by atoms with Crippen LogP contribution in [0.2, 0.25) is 0 Å². The largest absolute Gasteiger partial charge is 0.352 e. The van der Waals surface area contributed by atoms with Gasteiger partial charge in [-0.25, -0.2) is 4.68 Å². The average Bonchev–Trinajstić information content (AvgIpc) is 3.17. The van der Waals surface area contributed by atoms with Crippen molar-refractivity contribution in [3.8, 4) is 5.69 Å². The van der Waals surface area contributed by atoms with Gasteiger partial charge in [0.2, 0.25) is 0 Å². The number of carbonyl (C=O) groups excluding carboxylic acids is 1. The molecule has 4 nitrogen and oxygen atoms in total. The van der Waals surface area contributed by atoms with Gasteiger partial charge >= 0.3 is 0 Å². The Morgan fingerprint density at radius 1 is 1.26 bits per heavy atom. The van der Waals surface area contributed by atoms with E-state index in [1.165, 1.54) is 10.4 Å². The van der Waals surface area contributed by atoms with Gasteiger partial charge in [-0.05, 0) is 50.1 Å². The van der Waals surface area contributed by atoms with Gasteiger partial charge in [-0.3, -0.25) is 4.79 Å². The molecule has 0 aliphatic heterocycles. The summed E-state index contributed by atoms with van der Waals surface area (Å²) < 4.78 is 1.83. The van der Waals surface area contributed by atoms with E-state index in [9.17, 15) is 4.79 Å². The number of hydrogen-bond acceptors (Lipinski definition) is 3. The number of hydrogen-bond donors (Lipinski definition) is 1. The van der Waals surface area contributed by atoms with E-state index in [-0.39, 0.29) is 5.91 Å². The number of nitrogens with one attached hydrogen (secondary N) is 1. The number of rotatable bonds is 5. The molecule has 0 fully saturated rings. The van der Waals surface area contributed by atoms with Crippen molar-refractivity contribution in [2.75, 3.05) is 6.54 Å². The first-order chi connectivity index (χ1) is 11.1. The van der Waals surface area contributed by atoms with Gasteiger partial charge in [-0.1, -0.05) is 12.1 Å². The monoisotopic (exact) mass is 325 g/mol. The van der Waals surface area contributed by atoms with Gasteiger partial charge in [0.1, 0.15) is 0 Å². The second-order valence-electron chi connectivity index (χ2n) is 5.45. The van der Waals surface area contributed by atoms with Crippen LogP contribution in [0, 0.1) is 13.8 Å². The van der Waals surface area contributed by atoms with Gasteiger partial charge in [0.05, 0.1) is 11.3 Å². The first kappa shape index (κ1) is 15.5. The molecule has 0 atom stereocenters. The molecule has 0 unspecified atom stereocenters. The number of nitrogens with zero attached hydrogens (tertiary/aromatic N) is 2. The first-order valence-electron chi connectivity index (χ1n) is 7.57. The average molecular weight is 325 g/mol. The number of carbonyl (C=O) groups is 1. The summed E-state index contributed by atoms with van der Waals surface area (Å²) in [5, 5.41) is 7.20. The zero-order valence-electron chi connectivity index (χ0n) is 13.2. The summed E-state index contributed by atoms with van der Waals surface area (Å²) in [4.78, 5) is 14.4. The molecule has 23 heavy (non-hydrogen) atoms. The van der Waals surface area contributed by atoms with Crippen molar-refractivity contribution in [3.63, 3.8) is 0 Å². The number of amides is 1. The fourth-order valence-electron chi connectivity index (χ4n) is 2.51. The SMILES string of the molecule is Cc1cc(C(=O)NCCc2ccc(-n3cccn3)cc2)c(C)s1. The normalized spacial score (nSPS) is 10.7. The second-order valence-corrected chi connectivity index (χ2v) is 6.91. The first-order valence-corrected chi connectivity index (χ1v) is 8.39. The molecule has 0 saturated carbocycles. The molecule has 1 amide bonds. The van der Waals surface area contributed by atoms with Crippen LogP contribution >= 0.6 is 11.3 Å². The Labute approximate surface area is 139 Å². The van der Waals surface area contributed by atoms with Crippen molar-refractivity contribution in [1.29, 1.82) is 0 Å². The molecule has 0 saturated heterocycles. The van der Waals surface area contributed by atoms with Crippen LogP contribution in [0.4, 0.5) is 0 Å². The van der Waals surface area contributed by atoms with E-state index < -0.39 is 0 Å². The van der Waals surface area contributed by atoms with E-state index in [0.29, 0.717) is 6.54 Å². The minimum atomic E-state index is 0.0139. The molecule has 1 N–H and O–H groups in total. The molecule has 0 spiro atoms. The number of thiophene rings is 1. The third-order valence-electron chi connectivity index (χ3n) is 3.69. The molecule has 0 radical (unpaired) electrons. The lowest BCUT2D eigenvalue weighted by Gasteiger charge is -2.06. The van der Waals surface area contributed by atoms with Gasteiger partial charge in [-0.15, -0.1) is 11.3 Å². The Balaban J connectivity index is 1.54. The highest BCUT2D eigenvalue weighted by molar-refractivity contribution is 7.12. The predicted octanol–water partition coefficient (Wildman–Crippen LogP) is 3.52. The zero-order chi connectivity index (χ0) is 16.2. The van der Waals surface area contributed by atoms with E-state index in [0.717, 1.165) is 22.5 Å². The molecule has 2 aromatic heterocycles. The maximum Gasteiger partial charge on any atom is 0.252 e. The Hall–Kier alpha value is -2.40. The molecule has 3 aromatic rings. The van der Waals surface area contributed by atoms with E-state index >= 15 is 0 Å². The lowest BCUT2D eigenvalue weighted by atomic mass is 10.1. The molecular formula is C18H19N3OS. The van der Waals surface area contributed by atoms with E-state index in [2.05, 4.69) is 22.5 Å². The molecule has 0 aliphatic carbocycles. The highest BCUT2D eigenvalue weighted by Gasteiger charge is 2.11. The van der Waals surface area contributed by atoms with Crippen LogP contribution < -0.4 is 5.32 Å². The number of aryl methyl sites for hydroxylation is 2. The molecule has 3 rings (SSSR count). The summed E-state index contributed by atoms with van der Waals surface area (Å²) in [5.41, 5.74) is 3.02. The second kappa shape index (κ2) is 6.79. The van der Waals surface area contributed by atoms with E-state index in [1.807, 2.05) is 49.0 Å². The van der Waals surface area contributed by atoms with Crippen LogP contribution in [0.3, 0.4) is 0 Å². The topological polar surface area (TPSA) is 46.9 Å². The fourth-order valence-corrected chi connectivity index (χ4v) is 3.43. The Bertz CT molecular complexity index is 788. The van der Waals surface area contributed by atoms with Crippen molar-refractivity contribution in [2.24, 2.45) is 0 Å². The molecule has 0 aliphatic rings. The van der Waals surface area contributed by atoms with Crippen LogP contribution in [-0.4, -0.2) is 22.2 Å². The molecule has 5 heteroatoms. The Morgan fingerprint density at radius 3 is 2.65 bits per heavy atom. The number of benzene rings is 1. The van der Waals surface area contributed by atoms with Crippen molar-refractivity contribution < 1.29 is 4.79 Å². The van der Waals surface area contributed by atoms with Crippen molar-refractivity contribution >= 4 is 17.2 Å². The maximum absolute atomic E-state index is 12.2. The van der Waals surface area contributed by atoms with Crippen LogP contribution in [0.25, 0.3) is 5.69 Å². The third kappa shape index (κ3) is 3.68.